The van der Waals surface area contributed by atoms with Crippen LogP contribution in [-0.4, -0.2) is 9.78 Å². The molecule has 0 aliphatic rings. The minimum absolute atomic E-state index is 0.0787. The fourth-order valence-corrected chi connectivity index (χ4v) is 1.85. The van der Waals surface area contributed by atoms with E-state index in [1.54, 1.807) is 24.1 Å². The number of hydrogen-bond donors (Lipinski definition) is 0. The second-order valence-electron chi connectivity index (χ2n) is 3.83. The van der Waals surface area contributed by atoms with Crippen molar-refractivity contribution in [3.05, 3.63) is 47.3 Å². The maximum atomic E-state index is 13.6. The predicted molar refractivity (Wildman–Crippen MR) is 66.5 cm³/mol. The molecular weight excluding hydrogens is 306 g/mol. The molecule has 0 spiro atoms. The van der Waals surface area contributed by atoms with E-state index in [0.717, 1.165) is 5.56 Å². The van der Waals surface area contributed by atoms with Gasteiger partial charge >= 0.3 is 0 Å². The Balaban J connectivity index is 2.14. The SMILES string of the molecule is Cn1cc(COc2c(F)cc(CBr)cc2F)cn1. The van der Waals surface area contributed by atoms with Crippen LogP contribution in [0.2, 0.25) is 0 Å². The summed E-state index contributed by atoms with van der Waals surface area (Å²) in [5.74, 6) is -1.76. The van der Waals surface area contributed by atoms with Crippen LogP contribution in [0, 0.1) is 11.6 Å². The van der Waals surface area contributed by atoms with E-state index < -0.39 is 11.6 Å². The number of nitrogens with zero attached hydrogens (tertiary/aromatic N) is 2. The zero-order valence-corrected chi connectivity index (χ0v) is 11.2. The van der Waals surface area contributed by atoms with Gasteiger partial charge in [0.15, 0.2) is 17.4 Å². The fraction of sp³-hybridized carbons (Fsp3) is 0.250. The second kappa shape index (κ2) is 5.48. The van der Waals surface area contributed by atoms with Crippen LogP contribution in [-0.2, 0) is 19.0 Å². The lowest BCUT2D eigenvalue weighted by molar-refractivity contribution is 0.274. The van der Waals surface area contributed by atoms with Gasteiger partial charge in [-0.05, 0) is 17.7 Å². The first-order valence-corrected chi connectivity index (χ1v) is 6.36. The quantitative estimate of drug-likeness (QED) is 0.810. The number of alkyl halides is 1. The van der Waals surface area contributed by atoms with Crippen molar-refractivity contribution in [2.45, 2.75) is 11.9 Å². The largest absolute Gasteiger partial charge is 0.483 e. The lowest BCUT2D eigenvalue weighted by Crippen LogP contribution is -2.00. The minimum Gasteiger partial charge on any atom is -0.483 e. The van der Waals surface area contributed by atoms with Crippen molar-refractivity contribution < 1.29 is 13.5 Å². The van der Waals surface area contributed by atoms with Crippen LogP contribution >= 0.6 is 15.9 Å². The van der Waals surface area contributed by atoms with Gasteiger partial charge in [-0.15, -0.1) is 0 Å². The van der Waals surface area contributed by atoms with Gasteiger partial charge in [-0.1, -0.05) is 15.9 Å². The van der Waals surface area contributed by atoms with E-state index in [1.807, 2.05) is 0 Å². The van der Waals surface area contributed by atoms with E-state index in [1.165, 1.54) is 12.1 Å². The molecule has 96 valence electrons. The van der Waals surface area contributed by atoms with Gasteiger partial charge in [0.2, 0.25) is 0 Å². The molecule has 0 unspecified atom stereocenters. The van der Waals surface area contributed by atoms with E-state index in [-0.39, 0.29) is 12.4 Å². The Morgan fingerprint density at radius 1 is 1.28 bits per heavy atom. The first-order valence-electron chi connectivity index (χ1n) is 5.24. The number of benzene rings is 1. The molecule has 1 heterocycles. The predicted octanol–water partition coefficient (Wildman–Crippen LogP) is 3.17. The summed E-state index contributed by atoms with van der Waals surface area (Å²) in [7, 11) is 1.76. The third-order valence-corrected chi connectivity index (χ3v) is 3.00. The van der Waals surface area contributed by atoms with Crippen molar-refractivity contribution in [1.29, 1.82) is 0 Å². The summed E-state index contributed by atoms with van der Waals surface area (Å²) < 4.78 is 33.9. The summed E-state index contributed by atoms with van der Waals surface area (Å²) in [4.78, 5) is 0. The van der Waals surface area contributed by atoms with Crippen molar-refractivity contribution in [3.63, 3.8) is 0 Å². The number of aryl methyl sites for hydroxylation is 1. The Hall–Kier alpha value is -1.43. The molecule has 0 aliphatic heterocycles. The van der Waals surface area contributed by atoms with Gasteiger partial charge in [0.25, 0.3) is 0 Å². The highest BCUT2D eigenvalue weighted by atomic mass is 79.9. The van der Waals surface area contributed by atoms with Gasteiger partial charge in [0, 0.05) is 24.1 Å². The molecule has 18 heavy (non-hydrogen) atoms. The molecule has 6 heteroatoms. The summed E-state index contributed by atoms with van der Waals surface area (Å²) in [5.41, 5.74) is 1.28. The Labute approximate surface area is 112 Å². The number of halogens is 3. The van der Waals surface area contributed by atoms with Crippen LogP contribution in [0.3, 0.4) is 0 Å². The topological polar surface area (TPSA) is 27.1 Å². The zero-order chi connectivity index (χ0) is 13.1. The molecule has 0 saturated carbocycles. The van der Waals surface area contributed by atoms with Crippen molar-refractivity contribution in [2.24, 2.45) is 7.05 Å². The normalized spacial score (nSPS) is 10.7. The summed E-state index contributed by atoms with van der Waals surface area (Å²) >= 11 is 3.14. The Kier molecular flexibility index (Phi) is 3.96. The van der Waals surface area contributed by atoms with Crippen LogP contribution in [0.4, 0.5) is 8.78 Å². The monoisotopic (exact) mass is 316 g/mol. The summed E-state index contributed by atoms with van der Waals surface area (Å²) in [6.45, 7) is 0.0787. The molecule has 0 bridgehead atoms. The Bertz CT molecular complexity index is 534. The fourth-order valence-electron chi connectivity index (χ4n) is 1.53. The van der Waals surface area contributed by atoms with Crippen LogP contribution in [0.1, 0.15) is 11.1 Å². The van der Waals surface area contributed by atoms with Gasteiger partial charge in [-0.25, -0.2) is 8.78 Å². The molecule has 1 aromatic carbocycles. The number of hydrogen-bond acceptors (Lipinski definition) is 2. The Morgan fingerprint density at radius 3 is 2.44 bits per heavy atom. The van der Waals surface area contributed by atoms with Crippen LogP contribution in [0.5, 0.6) is 5.75 Å². The highest BCUT2D eigenvalue weighted by molar-refractivity contribution is 9.08. The lowest BCUT2D eigenvalue weighted by Gasteiger charge is -2.08. The standard InChI is InChI=1S/C12H11BrF2N2O/c1-17-6-9(5-16-17)7-18-12-10(14)2-8(4-13)3-11(12)15/h2-3,5-6H,4,7H2,1H3. The number of ether oxygens (including phenoxy) is 1. The summed E-state index contributed by atoms with van der Waals surface area (Å²) in [5, 5.41) is 4.34. The van der Waals surface area contributed by atoms with Gasteiger partial charge in [0.1, 0.15) is 6.61 Å². The first-order chi connectivity index (χ1) is 8.60. The lowest BCUT2D eigenvalue weighted by atomic mass is 10.2. The molecule has 0 N–H and O–H groups in total. The molecular formula is C12H11BrF2N2O. The molecule has 2 aromatic rings. The first kappa shape index (κ1) is 13.0. The van der Waals surface area contributed by atoms with E-state index >= 15 is 0 Å². The van der Waals surface area contributed by atoms with Crippen LogP contribution in [0.25, 0.3) is 0 Å². The molecule has 2 rings (SSSR count). The Morgan fingerprint density at radius 2 is 1.94 bits per heavy atom. The molecule has 3 nitrogen and oxygen atoms in total. The molecule has 0 aliphatic carbocycles. The smallest absolute Gasteiger partial charge is 0.191 e. The highest BCUT2D eigenvalue weighted by Crippen LogP contribution is 2.25. The van der Waals surface area contributed by atoms with Gasteiger partial charge in [-0.3, -0.25) is 4.68 Å². The molecule has 0 atom stereocenters. The van der Waals surface area contributed by atoms with E-state index in [2.05, 4.69) is 21.0 Å². The zero-order valence-electron chi connectivity index (χ0n) is 9.66. The molecule has 0 amide bonds. The third kappa shape index (κ3) is 2.87. The summed E-state index contributed by atoms with van der Waals surface area (Å²) in [6.07, 6.45) is 3.31. The van der Waals surface area contributed by atoms with Gasteiger partial charge < -0.3 is 4.74 Å². The summed E-state index contributed by atoms with van der Waals surface area (Å²) in [6, 6.07) is 2.49. The number of rotatable bonds is 4. The minimum atomic E-state index is -0.701. The van der Waals surface area contributed by atoms with Gasteiger partial charge in [0.05, 0.1) is 6.20 Å². The second-order valence-corrected chi connectivity index (χ2v) is 4.39. The van der Waals surface area contributed by atoms with Crippen molar-refractivity contribution in [2.75, 3.05) is 0 Å². The van der Waals surface area contributed by atoms with E-state index in [4.69, 9.17) is 4.74 Å². The molecule has 0 fully saturated rings. The molecule has 0 radical (unpaired) electrons. The van der Waals surface area contributed by atoms with E-state index in [9.17, 15) is 8.78 Å². The average Bonchev–Trinajstić information content (AvgIpc) is 2.73. The maximum absolute atomic E-state index is 13.6. The van der Waals surface area contributed by atoms with Crippen molar-refractivity contribution >= 4 is 15.9 Å². The number of aromatic nitrogens is 2. The molecule has 0 saturated heterocycles. The average molecular weight is 317 g/mol. The van der Waals surface area contributed by atoms with Crippen LogP contribution < -0.4 is 4.74 Å². The van der Waals surface area contributed by atoms with Gasteiger partial charge in [-0.2, -0.15) is 5.10 Å². The van der Waals surface area contributed by atoms with E-state index in [0.29, 0.717) is 10.9 Å². The van der Waals surface area contributed by atoms with Crippen LogP contribution in [0.15, 0.2) is 24.5 Å². The van der Waals surface area contributed by atoms with Crippen molar-refractivity contribution in [1.82, 2.24) is 9.78 Å². The third-order valence-electron chi connectivity index (χ3n) is 2.35. The van der Waals surface area contributed by atoms with Crippen molar-refractivity contribution in [3.8, 4) is 5.75 Å². The maximum Gasteiger partial charge on any atom is 0.191 e. The molecule has 1 aromatic heterocycles. The highest BCUT2D eigenvalue weighted by Gasteiger charge is 2.12.